The minimum atomic E-state index is 0.677. The molecule has 17 heavy (non-hydrogen) atoms. The van der Waals surface area contributed by atoms with Gasteiger partial charge in [-0.05, 0) is 18.2 Å². The van der Waals surface area contributed by atoms with E-state index in [0.717, 1.165) is 29.0 Å². The van der Waals surface area contributed by atoms with Crippen LogP contribution in [-0.4, -0.2) is 37.1 Å². The Hall–Kier alpha value is -1.75. The molecule has 5 heteroatoms. The maximum absolute atomic E-state index is 5.82. The standard InChI is InChI=1S/C12H18N4O/c1-15(6-7-17-3)12-10-8-9(13)4-5-11(10)16(2)14-12/h4-5,8H,6-7,13H2,1-3H3. The number of nitrogens with two attached hydrogens (primary N) is 1. The molecule has 0 atom stereocenters. The summed E-state index contributed by atoms with van der Waals surface area (Å²) < 4.78 is 6.94. The molecule has 1 aromatic carbocycles. The molecule has 2 aromatic rings. The van der Waals surface area contributed by atoms with E-state index in [1.165, 1.54) is 0 Å². The number of hydrogen-bond donors (Lipinski definition) is 1. The van der Waals surface area contributed by atoms with Crippen molar-refractivity contribution in [2.75, 3.05) is 37.9 Å². The zero-order chi connectivity index (χ0) is 12.4. The Morgan fingerprint density at radius 3 is 2.94 bits per heavy atom. The second-order valence-corrected chi connectivity index (χ2v) is 4.14. The molecule has 0 unspecified atom stereocenters. The lowest BCUT2D eigenvalue weighted by Crippen LogP contribution is -2.22. The first-order valence-corrected chi connectivity index (χ1v) is 5.56. The summed E-state index contributed by atoms with van der Waals surface area (Å²) in [7, 11) is 5.64. The summed E-state index contributed by atoms with van der Waals surface area (Å²) in [6.07, 6.45) is 0. The summed E-state index contributed by atoms with van der Waals surface area (Å²) in [5.74, 6) is 0.937. The van der Waals surface area contributed by atoms with Crippen LogP contribution in [0.3, 0.4) is 0 Å². The van der Waals surface area contributed by atoms with Crippen molar-refractivity contribution in [3.63, 3.8) is 0 Å². The highest BCUT2D eigenvalue weighted by molar-refractivity contribution is 5.92. The van der Waals surface area contributed by atoms with Crippen LogP contribution in [-0.2, 0) is 11.8 Å². The van der Waals surface area contributed by atoms with Gasteiger partial charge in [-0.3, -0.25) is 4.68 Å². The van der Waals surface area contributed by atoms with E-state index in [-0.39, 0.29) is 0 Å². The lowest BCUT2D eigenvalue weighted by atomic mass is 10.2. The predicted octanol–water partition coefficient (Wildman–Crippen LogP) is 1.24. The van der Waals surface area contributed by atoms with Gasteiger partial charge in [-0.2, -0.15) is 5.10 Å². The molecule has 0 aliphatic heterocycles. The number of aryl methyl sites for hydroxylation is 1. The van der Waals surface area contributed by atoms with Crippen molar-refractivity contribution in [1.82, 2.24) is 9.78 Å². The van der Waals surface area contributed by atoms with E-state index < -0.39 is 0 Å². The fraction of sp³-hybridized carbons (Fsp3) is 0.417. The third-order valence-electron chi connectivity index (χ3n) is 2.85. The fourth-order valence-electron chi connectivity index (χ4n) is 1.88. The summed E-state index contributed by atoms with van der Waals surface area (Å²) in [6.45, 7) is 1.48. The summed E-state index contributed by atoms with van der Waals surface area (Å²) >= 11 is 0. The molecule has 0 radical (unpaired) electrons. The van der Waals surface area contributed by atoms with Gasteiger partial charge in [0, 0.05) is 38.8 Å². The van der Waals surface area contributed by atoms with Crippen LogP contribution in [0.1, 0.15) is 0 Å². The van der Waals surface area contributed by atoms with E-state index in [1.807, 2.05) is 37.0 Å². The molecule has 2 rings (SSSR count). The Morgan fingerprint density at radius 2 is 2.24 bits per heavy atom. The van der Waals surface area contributed by atoms with E-state index in [1.54, 1.807) is 7.11 Å². The highest BCUT2D eigenvalue weighted by Gasteiger charge is 2.12. The van der Waals surface area contributed by atoms with E-state index in [9.17, 15) is 0 Å². The van der Waals surface area contributed by atoms with Gasteiger partial charge in [0.05, 0.1) is 12.1 Å². The number of rotatable bonds is 4. The summed E-state index contributed by atoms with van der Waals surface area (Å²) in [4.78, 5) is 2.07. The SMILES string of the molecule is COCCN(C)c1nn(C)c2ccc(N)cc12. The smallest absolute Gasteiger partial charge is 0.158 e. The molecule has 2 N–H and O–H groups in total. The number of anilines is 2. The molecule has 0 spiro atoms. The van der Waals surface area contributed by atoms with Gasteiger partial charge < -0.3 is 15.4 Å². The van der Waals surface area contributed by atoms with Crippen molar-refractivity contribution in [2.45, 2.75) is 0 Å². The van der Waals surface area contributed by atoms with Gasteiger partial charge in [0.1, 0.15) is 0 Å². The maximum atomic E-state index is 5.82. The van der Waals surface area contributed by atoms with Crippen molar-refractivity contribution in [3.8, 4) is 0 Å². The van der Waals surface area contributed by atoms with Crippen LogP contribution in [0.2, 0.25) is 0 Å². The van der Waals surface area contributed by atoms with Crippen molar-refractivity contribution in [1.29, 1.82) is 0 Å². The highest BCUT2D eigenvalue weighted by atomic mass is 16.5. The third kappa shape index (κ3) is 2.19. The number of fused-ring (bicyclic) bond motifs is 1. The van der Waals surface area contributed by atoms with Gasteiger partial charge in [-0.15, -0.1) is 0 Å². The van der Waals surface area contributed by atoms with Gasteiger partial charge >= 0.3 is 0 Å². The third-order valence-corrected chi connectivity index (χ3v) is 2.85. The molecule has 0 aliphatic rings. The van der Waals surface area contributed by atoms with Crippen LogP contribution < -0.4 is 10.6 Å². The second kappa shape index (κ2) is 4.63. The van der Waals surface area contributed by atoms with Crippen LogP contribution in [0.5, 0.6) is 0 Å². The molecular formula is C12H18N4O. The quantitative estimate of drug-likeness (QED) is 0.809. The number of nitrogens with zero attached hydrogens (tertiary/aromatic N) is 3. The molecule has 0 saturated heterocycles. The van der Waals surface area contributed by atoms with E-state index in [2.05, 4.69) is 10.00 Å². The van der Waals surface area contributed by atoms with Gasteiger partial charge in [-0.25, -0.2) is 0 Å². The minimum absolute atomic E-state index is 0.677. The van der Waals surface area contributed by atoms with Crippen LogP contribution in [0.15, 0.2) is 18.2 Å². The van der Waals surface area contributed by atoms with Crippen LogP contribution >= 0.6 is 0 Å². The zero-order valence-electron chi connectivity index (χ0n) is 10.5. The lowest BCUT2D eigenvalue weighted by molar-refractivity contribution is 0.206. The average molecular weight is 234 g/mol. The number of ether oxygens (including phenoxy) is 1. The Bertz CT molecular complexity index is 520. The molecule has 92 valence electrons. The van der Waals surface area contributed by atoms with E-state index >= 15 is 0 Å². The van der Waals surface area contributed by atoms with Crippen LogP contribution in [0.4, 0.5) is 11.5 Å². The number of methoxy groups -OCH3 is 1. The van der Waals surface area contributed by atoms with E-state index in [0.29, 0.717) is 6.61 Å². The zero-order valence-corrected chi connectivity index (χ0v) is 10.5. The van der Waals surface area contributed by atoms with Gasteiger partial charge in [0.2, 0.25) is 0 Å². The van der Waals surface area contributed by atoms with Crippen molar-refractivity contribution >= 4 is 22.4 Å². The average Bonchev–Trinajstić information content (AvgIpc) is 2.63. The molecule has 0 fully saturated rings. The summed E-state index contributed by atoms with van der Waals surface area (Å²) in [6, 6.07) is 5.84. The lowest BCUT2D eigenvalue weighted by Gasteiger charge is -2.15. The molecule has 0 saturated carbocycles. The van der Waals surface area contributed by atoms with Crippen molar-refractivity contribution in [2.24, 2.45) is 7.05 Å². The topological polar surface area (TPSA) is 56.3 Å². The Morgan fingerprint density at radius 1 is 1.47 bits per heavy atom. The van der Waals surface area contributed by atoms with Crippen LogP contribution in [0, 0.1) is 0 Å². The van der Waals surface area contributed by atoms with Crippen LogP contribution in [0.25, 0.3) is 10.9 Å². The van der Waals surface area contributed by atoms with Crippen molar-refractivity contribution in [3.05, 3.63) is 18.2 Å². The molecule has 1 aromatic heterocycles. The normalized spacial score (nSPS) is 11.0. The van der Waals surface area contributed by atoms with Gasteiger partial charge in [-0.1, -0.05) is 0 Å². The second-order valence-electron chi connectivity index (χ2n) is 4.14. The first kappa shape index (κ1) is 11.7. The molecule has 0 bridgehead atoms. The largest absolute Gasteiger partial charge is 0.399 e. The number of hydrogen-bond acceptors (Lipinski definition) is 4. The minimum Gasteiger partial charge on any atom is -0.399 e. The predicted molar refractivity (Wildman–Crippen MR) is 70.3 cm³/mol. The molecule has 0 amide bonds. The number of nitrogen functional groups attached to an aromatic ring is 1. The summed E-state index contributed by atoms with van der Waals surface area (Å²) in [5, 5.41) is 5.59. The first-order valence-electron chi connectivity index (χ1n) is 5.56. The monoisotopic (exact) mass is 234 g/mol. The maximum Gasteiger partial charge on any atom is 0.158 e. The Kier molecular flexibility index (Phi) is 3.19. The van der Waals surface area contributed by atoms with Crippen molar-refractivity contribution < 1.29 is 4.74 Å². The fourth-order valence-corrected chi connectivity index (χ4v) is 1.88. The highest BCUT2D eigenvalue weighted by Crippen LogP contribution is 2.26. The molecule has 0 aliphatic carbocycles. The van der Waals surface area contributed by atoms with Gasteiger partial charge in [0.15, 0.2) is 5.82 Å². The molecular weight excluding hydrogens is 216 g/mol. The molecule has 1 heterocycles. The number of benzene rings is 1. The number of aromatic nitrogens is 2. The molecule has 5 nitrogen and oxygen atoms in total. The Balaban J connectivity index is 2.43. The van der Waals surface area contributed by atoms with Gasteiger partial charge in [0.25, 0.3) is 0 Å². The first-order chi connectivity index (χ1) is 8.13. The van der Waals surface area contributed by atoms with E-state index in [4.69, 9.17) is 10.5 Å². The number of likely N-dealkylation sites (N-methyl/N-ethyl adjacent to an activating group) is 1. The Labute approximate surface area is 101 Å². The summed E-state index contributed by atoms with van der Waals surface area (Å²) in [5.41, 5.74) is 7.66.